The molecule has 0 N–H and O–H groups in total. The topological polar surface area (TPSA) is 22.1 Å². The van der Waals surface area contributed by atoms with E-state index in [-0.39, 0.29) is 0 Å². The Morgan fingerprint density at radius 3 is 2.88 bits per heavy atom. The van der Waals surface area contributed by atoms with E-state index in [1.165, 1.54) is 0 Å². The first kappa shape index (κ1) is 12.5. The Balaban J connectivity index is 2.46. The SMILES string of the molecule is CCCCOc1c(Cl)cc(Cl)c2cccnc12. The highest BCUT2D eigenvalue weighted by atomic mass is 35.5. The molecule has 2 nitrogen and oxygen atoms in total. The normalized spacial score (nSPS) is 10.8. The fourth-order valence-corrected chi connectivity index (χ4v) is 2.17. The standard InChI is InChI=1S/C13H13Cl2NO/c1-2-3-7-17-13-11(15)8-10(14)9-5-4-6-16-12(9)13/h4-6,8H,2-3,7H2,1H3. The fraction of sp³-hybridized carbons (Fsp3) is 0.308. The molecule has 90 valence electrons. The number of fused-ring (bicyclic) bond motifs is 1. The maximum atomic E-state index is 6.14. The van der Waals surface area contributed by atoms with Crippen molar-refractivity contribution in [2.24, 2.45) is 0 Å². The van der Waals surface area contributed by atoms with Crippen molar-refractivity contribution < 1.29 is 4.74 Å². The van der Waals surface area contributed by atoms with Crippen LogP contribution in [0.2, 0.25) is 10.0 Å². The Hall–Kier alpha value is -0.990. The molecule has 0 radical (unpaired) electrons. The molecule has 0 unspecified atom stereocenters. The van der Waals surface area contributed by atoms with Crippen LogP contribution in [0.3, 0.4) is 0 Å². The molecule has 2 aromatic rings. The number of benzene rings is 1. The summed E-state index contributed by atoms with van der Waals surface area (Å²) in [5.41, 5.74) is 0.723. The lowest BCUT2D eigenvalue weighted by Crippen LogP contribution is -1.98. The van der Waals surface area contributed by atoms with Crippen molar-refractivity contribution in [3.63, 3.8) is 0 Å². The van der Waals surface area contributed by atoms with Crippen LogP contribution in [0.4, 0.5) is 0 Å². The van der Waals surface area contributed by atoms with Gasteiger partial charge in [-0.25, -0.2) is 0 Å². The Kier molecular flexibility index (Phi) is 4.08. The molecule has 0 saturated carbocycles. The van der Waals surface area contributed by atoms with Crippen LogP contribution in [0, 0.1) is 0 Å². The minimum absolute atomic E-state index is 0.511. The van der Waals surface area contributed by atoms with Crippen molar-refractivity contribution in [1.29, 1.82) is 0 Å². The highest BCUT2D eigenvalue weighted by Gasteiger charge is 2.11. The summed E-state index contributed by atoms with van der Waals surface area (Å²) in [6, 6.07) is 5.46. The van der Waals surface area contributed by atoms with Gasteiger partial charge in [0.15, 0.2) is 5.75 Å². The summed E-state index contributed by atoms with van der Waals surface area (Å²) < 4.78 is 5.69. The van der Waals surface area contributed by atoms with Crippen LogP contribution in [-0.2, 0) is 0 Å². The third-order valence-corrected chi connectivity index (χ3v) is 3.09. The Labute approximate surface area is 111 Å². The Morgan fingerprint density at radius 2 is 2.12 bits per heavy atom. The number of unbranched alkanes of at least 4 members (excludes halogenated alkanes) is 1. The number of rotatable bonds is 4. The second kappa shape index (κ2) is 5.56. The number of hydrogen-bond acceptors (Lipinski definition) is 2. The largest absolute Gasteiger partial charge is 0.490 e. The summed E-state index contributed by atoms with van der Waals surface area (Å²) in [6.07, 6.45) is 3.78. The number of aromatic nitrogens is 1. The average Bonchev–Trinajstić information content (AvgIpc) is 2.33. The summed E-state index contributed by atoms with van der Waals surface area (Å²) in [5, 5.41) is 1.98. The van der Waals surface area contributed by atoms with E-state index in [9.17, 15) is 0 Å². The molecule has 0 spiro atoms. The molecule has 1 heterocycles. The third kappa shape index (κ3) is 2.64. The van der Waals surface area contributed by atoms with Gasteiger partial charge in [-0.3, -0.25) is 4.98 Å². The third-order valence-electron chi connectivity index (χ3n) is 2.49. The smallest absolute Gasteiger partial charge is 0.164 e. The van der Waals surface area contributed by atoms with E-state index in [0.717, 1.165) is 23.7 Å². The summed E-state index contributed by atoms with van der Waals surface area (Å²) in [6.45, 7) is 2.76. The lowest BCUT2D eigenvalue weighted by molar-refractivity contribution is 0.312. The molecule has 4 heteroatoms. The minimum atomic E-state index is 0.511. The number of ether oxygens (including phenoxy) is 1. The Bertz CT molecular complexity index is 528. The van der Waals surface area contributed by atoms with Gasteiger partial charge >= 0.3 is 0 Å². The van der Waals surface area contributed by atoms with E-state index < -0.39 is 0 Å². The van der Waals surface area contributed by atoms with Crippen LogP contribution in [0.5, 0.6) is 5.75 Å². The van der Waals surface area contributed by atoms with Crippen molar-refractivity contribution in [2.75, 3.05) is 6.61 Å². The molecule has 0 amide bonds. The summed E-state index contributed by atoms with van der Waals surface area (Å²) in [4.78, 5) is 4.29. The highest BCUT2D eigenvalue weighted by molar-refractivity contribution is 6.39. The van der Waals surface area contributed by atoms with Crippen molar-refractivity contribution in [3.05, 3.63) is 34.4 Å². The van der Waals surface area contributed by atoms with Crippen molar-refractivity contribution in [1.82, 2.24) is 4.98 Å². The van der Waals surface area contributed by atoms with Gasteiger partial charge in [0.05, 0.1) is 16.7 Å². The summed E-state index contributed by atoms with van der Waals surface area (Å²) in [7, 11) is 0. The molecule has 1 aromatic carbocycles. The monoisotopic (exact) mass is 269 g/mol. The van der Waals surface area contributed by atoms with Gasteiger partial charge in [0.1, 0.15) is 5.52 Å². The van der Waals surface area contributed by atoms with Crippen molar-refractivity contribution in [2.45, 2.75) is 19.8 Å². The zero-order chi connectivity index (χ0) is 12.3. The molecule has 2 rings (SSSR count). The highest BCUT2D eigenvalue weighted by Crippen LogP contribution is 2.36. The minimum Gasteiger partial charge on any atom is -0.490 e. The van der Waals surface area contributed by atoms with Gasteiger partial charge in [-0.05, 0) is 24.6 Å². The van der Waals surface area contributed by atoms with Crippen molar-refractivity contribution >= 4 is 34.1 Å². The van der Waals surface area contributed by atoms with Crippen LogP contribution in [-0.4, -0.2) is 11.6 Å². The summed E-state index contributed by atoms with van der Waals surface area (Å²) in [5.74, 6) is 0.625. The van der Waals surface area contributed by atoms with E-state index in [4.69, 9.17) is 27.9 Å². The van der Waals surface area contributed by atoms with Crippen LogP contribution >= 0.6 is 23.2 Å². The van der Waals surface area contributed by atoms with Crippen LogP contribution < -0.4 is 4.74 Å². The number of nitrogens with zero attached hydrogens (tertiary/aromatic N) is 1. The van der Waals surface area contributed by atoms with E-state index in [2.05, 4.69) is 11.9 Å². The van der Waals surface area contributed by atoms with Crippen molar-refractivity contribution in [3.8, 4) is 5.75 Å². The average molecular weight is 270 g/mol. The fourth-order valence-electron chi connectivity index (χ4n) is 1.60. The van der Waals surface area contributed by atoms with E-state index in [0.29, 0.717) is 22.4 Å². The molecule has 0 fully saturated rings. The quantitative estimate of drug-likeness (QED) is 0.750. The maximum absolute atomic E-state index is 6.14. The first-order chi connectivity index (χ1) is 8.24. The lowest BCUT2D eigenvalue weighted by Gasteiger charge is -2.11. The van der Waals surface area contributed by atoms with Gasteiger partial charge in [0.25, 0.3) is 0 Å². The molecule has 0 aliphatic heterocycles. The molecular formula is C13H13Cl2NO. The molecular weight excluding hydrogens is 257 g/mol. The zero-order valence-corrected chi connectivity index (χ0v) is 11.1. The van der Waals surface area contributed by atoms with Crippen LogP contribution in [0.15, 0.2) is 24.4 Å². The number of hydrogen-bond donors (Lipinski definition) is 0. The first-order valence-corrected chi connectivity index (χ1v) is 6.35. The second-order valence-electron chi connectivity index (χ2n) is 3.77. The second-order valence-corrected chi connectivity index (χ2v) is 4.59. The van der Waals surface area contributed by atoms with E-state index in [1.807, 2.05) is 12.1 Å². The van der Waals surface area contributed by atoms with E-state index in [1.54, 1.807) is 12.3 Å². The first-order valence-electron chi connectivity index (χ1n) is 5.59. The van der Waals surface area contributed by atoms with Gasteiger partial charge in [0.2, 0.25) is 0 Å². The predicted octanol–water partition coefficient (Wildman–Crippen LogP) is 4.72. The molecule has 0 saturated heterocycles. The summed E-state index contributed by atoms with van der Waals surface area (Å²) >= 11 is 12.3. The maximum Gasteiger partial charge on any atom is 0.164 e. The molecule has 0 bridgehead atoms. The predicted molar refractivity (Wildman–Crippen MR) is 72.2 cm³/mol. The molecule has 17 heavy (non-hydrogen) atoms. The number of pyridine rings is 1. The van der Waals surface area contributed by atoms with Gasteiger partial charge in [-0.2, -0.15) is 0 Å². The van der Waals surface area contributed by atoms with Gasteiger partial charge in [0, 0.05) is 11.6 Å². The van der Waals surface area contributed by atoms with Crippen LogP contribution in [0.25, 0.3) is 10.9 Å². The molecule has 0 aliphatic carbocycles. The molecule has 1 aromatic heterocycles. The molecule has 0 atom stereocenters. The van der Waals surface area contributed by atoms with Gasteiger partial charge in [-0.1, -0.05) is 36.5 Å². The zero-order valence-electron chi connectivity index (χ0n) is 9.54. The van der Waals surface area contributed by atoms with E-state index >= 15 is 0 Å². The number of halogens is 2. The molecule has 0 aliphatic rings. The van der Waals surface area contributed by atoms with Crippen LogP contribution in [0.1, 0.15) is 19.8 Å². The Morgan fingerprint density at radius 1 is 1.29 bits per heavy atom. The lowest BCUT2D eigenvalue weighted by atomic mass is 10.2. The van der Waals surface area contributed by atoms with Gasteiger partial charge in [-0.15, -0.1) is 0 Å². The van der Waals surface area contributed by atoms with Gasteiger partial charge < -0.3 is 4.74 Å².